The fourth-order valence-corrected chi connectivity index (χ4v) is 4.33. The smallest absolute Gasteiger partial charge is 0.174 e. The lowest BCUT2D eigenvalue weighted by Gasteiger charge is -2.30. The molecule has 0 amide bonds. The average molecular weight is 439 g/mol. The standard InChI is InChI=1S/C23H26N4O3S/c1-28-14-13-26-12-6-8-19(26)22-21(17-7-4-5-11-24-17)25-23(31)27(22)18-10-9-16(29-2)15-20(18)30-3/h4-12,15,21-22H,13-14H2,1-3H3,(H,25,31)/t21-,22+/m0/s1. The second kappa shape index (κ2) is 9.36. The second-order valence-corrected chi connectivity index (χ2v) is 7.54. The van der Waals surface area contributed by atoms with Crippen LogP contribution >= 0.6 is 12.2 Å². The number of nitrogens with zero attached hydrogens (tertiary/aromatic N) is 3. The van der Waals surface area contributed by atoms with Crippen LogP contribution in [0.3, 0.4) is 0 Å². The number of anilines is 1. The highest BCUT2D eigenvalue weighted by Gasteiger charge is 2.43. The Bertz CT molecular complexity index is 1040. The molecule has 31 heavy (non-hydrogen) atoms. The Hall–Kier alpha value is -3.10. The van der Waals surface area contributed by atoms with Gasteiger partial charge in [0.1, 0.15) is 17.5 Å². The summed E-state index contributed by atoms with van der Waals surface area (Å²) in [6, 6.07) is 15.6. The van der Waals surface area contributed by atoms with E-state index in [0.717, 1.165) is 29.4 Å². The Morgan fingerprint density at radius 2 is 1.94 bits per heavy atom. The Morgan fingerprint density at radius 3 is 2.65 bits per heavy atom. The molecule has 1 aromatic carbocycles. The van der Waals surface area contributed by atoms with Crippen molar-refractivity contribution in [1.29, 1.82) is 0 Å². The lowest BCUT2D eigenvalue weighted by atomic mass is 10.0. The van der Waals surface area contributed by atoms with E-state index in [-0.39, 0.29) is 12.1 Å². The zero-order valence-electron chi connectivity index (χ0n) is 17.8. The van der Waals surface area contributed by atoms with Gasteiger partial charge in [-0.25, -0.2) is 0 Å². The number of hydrogen-bond donors (Lipinski definition) is 1. The molecule has 0 spiro atoms. The van der Waals surface area contributed by atoms with Gasteiger partial charge in [-0.05, 0) is 48.6 Å². The number of thiocarbonyl (C=S) groups is 1. The normalized spacial score (nSPS) is 18.2. The van der Waals surface area contributed by atoms with Gasteiger partial charge >= 0.3 is 0 Å². The first-order chi connectivity index (χ1) is 15.2. The Balaban J connectivity index is 1.84. The topological polar surface area (TPSA) is 60.8 Å². The van der Waals surface area contributed by atoms with Gasteiger partial charge in [0, 0.05) is 37.8 Å². The summed E-state index contributed by atoms with van der Waals surface area (Å²) in [6.45, 7) is 1.36. The number of rotatable bonds is 8. The molecule has 0 bridgehead atoms. The molecular formula is C23H26N4O3S. The van der Waals surface area contributed by atoms with E-state index in [1.165, 1.54) is 0 Å². The first-order valence-corrected chi connectivity index (χ1v) is 10.5. The number of ether oxygens (including phenoxy) is 3. The molecule has 0 aliphatic carbocycles. The van der Waals surface area contributed by atoms with Crippen molar-refractivity contribution < 1.29 is 14.2 Å². The van der Waals surface area contributed by atoms with Crippen molar-refractivity contribution in [3.63, 3.8) is 0 Å². The largest absolute Gasteiger partial charge is 0.497 e. The molecule has 3 aromatic rings. The minimum Gasteiger partial charge on any atom is -0.497 e. The summed E-state index contributed by atoms with van der Waals surface area (Å²) in [5.41, 5.74) is 2.89. The molecule has 162 valence electrons. The van der Waals surface area contributed by atoms with Crippen LogP contribution in [-0.4, -0.2) is 42.6 Å². The highest BCUT2D eigenvalue weighted by atomic mass is 32.1. The zero-order valence-corrected chi connectivity index (χ0v) is 18.6. The molecule has 1 N–H and O–H groups in total. The van der Waals surface area contributed by atoms with Crippen LogP contribution in [0.15, 0.2) is 60.9 Å². The molecule has 2 atom stereocenters. The molecule has 0 radical (unpaired) electrons. The third kappa shape index (κ3) is 4.08. The third-order valence-electron chi connectivity index (χ3n) is 5.45. The third-order valence-corrected chi connectivity index (χ3v) is 5.76. The molecule has 1 aliphatic heterocycles. The first-order valence-electron chi connectivity index (χ1n) is 10.0. The van der Waals surface area contributed by atoms with Crippen LogP contribution in [0.5, 0.6) is 11.5 Å². The van der Waals surface area contributed by atoms with Crippen molar-refractivity contribution in [2.75, 3.05) is 32.8 Å². The van der Waals surface area contributed by atoms with E-state index in [1.54, 1.807) is 27.5 Å². The monoisotopic (exact) mass is 438 g/mol. The molecule has 1 aliphatic rings. The van der Waals surface area contributed by atoms with E-state index >= 15 is 0 Å². The summed E-state index contributed by atoms with van der Waals surface area (Å²) in [5, 5.41) is 4.10. The van der Waals surface area contributed by atoms with E-state index < -0.39 is 0 Å². The second-order valence-electron chi connectivity index (χ2n) is 7.15. The SMILES string of the molecule is COCCn1cccc1[C@@H]1[C@H](c2ccccn2)NC(=S)N1c1ccc(OC)cc1OC. The number of nitrogens with one attached hydrogen (secondary N) is 1. The van der Waals surface area contributed by atoms with Crippen LogP contribution in [0.4, 0.5) is 5.69 Å². The summed E-state index contributed by atoms with van der Waals surface area (Å²) >= 11 is 5.82. The minimum absolute atomic E-state index is 0.128. The fourth-order valence-electron chi connectivity index (χ4n) is 3.99. The average Bonchev–Trinajstić information content (AvgIpc) is 3.41. The van der Waals surface area contributed by atoms with Gasteiger partial charge in [0.15, 0.2) is 5.11 Å². The number of methoxy groups -OCH3 is 3. The van der Waals surface area contributed by atoms with Gasteiger partial charge < -0.3 is 29.0 Å². The van der Waals surface area contributed by atoms with E-state index in [2.05, 4.69) is 32.0 Å². The molecule has 0 unspecified atom stereocenters. The lowest BCUT2D eigenvalue weighted by Crippen LogP contribution is -2.31. The van der Waals surface area contributed by atoms with Gasteiger partial charge in [-0.2, -0.15) is 0 Å². The Kier molecular flexibility index (Phi) is 6.39. The van der Waals surface area contributed by atoms with Gasteiger partial charge in [0.05, 0.1) is 38.2 Å². The molecule has 1 fully saturated rings. The van der Waals surface area contributed by atoms with Crippen molar-refractivity contribution in [2.45, 2.75) is 18.6 Å². The van der Waals surface area contributed by atoms with Crippen LogP contribution in [0, 0.1) is 0 Å². The van der Waals surface area contributed by atoms with Crippen LogP contribution in [-0.2, 0) is 11.3 Å². The lowest BCUT2D eigenvalue weighted by molar-refractivity contribution is 0.186. The van der Waals surface area contributed by atoms with Gasteiger partial charge in [0.2, 0.25) is 0 Å². The maximum Gasteiger partial charge on any atom is 0.174 e. The first kappa shape index (κ1) is 21.1. The molecule has 4 rings (SSSR count). The quantitative estimate of drug-likeness (QED) is 0.538. The molecule has 8 heteroatoms. The van der Waals surface area contributed by atoms with Crippen LogP contribution in [0.1, 0.15) is 23.5 Å². The summed E-state index contributed by atoms with van der Waals surface area (Å²) < 4.78 is 18.6. The highest BCUT2D eigenvalue weighted by molar-refractivity contribution is 7.80. The van der Waals surface area contributed by atoms with E-state index in [9.17, 15) is 0 Å². The summed E-state index contributed by atoms with van der Waals surface area (Å²) in [7, 11) is 5.00. The number of benzene rings is 1. The zero-order chi connectivity index (χ0) is 21.8. The van der Waals surface area contributed by atoms with Crippen LogP contribution in [0.2, 0.25) is 0 Å². The molecular weight excluding hydrogens is 412 g/mol. The van der Waals surface area contributed by atoms with Crippen molar-refractivity contribution in [3.05, 3.63) is 72.3 Å². The van der Waals surface area contributed by atoms with Gasteiger partial charge in [-0.3, -0.25) is 4.98 Å². The van der Waals surface area contributed by atoms with Crippen LogP contribution in [0.25, 0.3) is 0 Å². The molecule has 2 aromatic heterocycles. The minimum atomic E-state index is -0.128. The van der Waals surface area contributed by atoms with Crippen molar-refractivity contribution in [2.24, 2.45) is 0 Å². The van der Waals surface area contributed by atoms with Crippen molar-refractivity contribution in [1.82, 2.24) is 14.9 Å². The maximum atomic E-state index is 5.82. The predicted molar refractivity (Wildman–Crippen MR) is 124 cm³/mol. The van der Waals surface area contributed by atoms with E-state index in [0.29, 0.717) is 17.5 Å². The molecule has 7 nitrogen and oxygen atoms in total. The van der Waals surface area contributed by atoms with Gasteiger partial charge in [-0.1, -0.05) is 6.07 Å². The van der Waals surface area contributed by atoms with Crippen molar-refractivity contribution in [3.8, 4) is 11.5 Å². The summed E-state index contributed by atoms with van der Waals surface area (Å²) in [4.78, 5) is 6.71. The van der Waals surface area contributed by atoms with Gasteiger partial charge in [0.25, 0.3) is 0 Å². The molecule has 3 heterocycles. The number of aromatic nitrogens is 2. The summed E-state index contributed by atoms with van der Waals surface area (Å²) in [6.07, 6.45) is 3.87. The predicted octanol–water partition coefficient (Wildman–Crippen LogP) is 3.72. The molecule has 1 saturated heterocycles. The Morgan fingerprint density at radius 1 is 1.06 bits per heavy atom. The maximum absolute atomic E-state index is 5.82. The van der Waals surface area contributed by atoms with E-state index in [1.807, 2.05) is 42.5 Å². The molecule has 0 saturated carbocycles. The number of hydrogen-bond acceptors (Lipinski definition) is 5. The fraction of sp³-hybridized carbons (Fsp3) is 0.304. The highest BCUT2D eigenvalue weighted by Crippen LogP contribution is 2.45. The van der Waals surface area contributed by atoms with Crippen LogP contribution < -0.4 is 19.7 Å². The van der Waals surface area contributed by atoms with Gasteiger partial charge in [-0.15, -0.1) is 0 Å². The van der Waals surface area contributed by atoms with E-state index in [4.69, 9.17) is 26.4 Å². The summed E-state index contributed by atoms with van der Waals surface area (Å²) in [5.74, 6) is 1.41. The number of pyridine rings is 1. The Labute approximate surface area is 187 Å². The van der Waals surface area contributed by atoms with Crippen molar-refractivity contribution >= 4 is 23.0 Å².